The Morgan fingerprint density at radius 2 is 2.10 bits per heavy atom. The molecule has 1 aromatic heterocycles. The number of benzene rings is 1. The number of halogens is 1. The van der Waals surface area contributed by atoms with Crippen LogP contribution in [0.1, 0.15) is 21.1 Å². The van der Waals surface area contributed by atoms with Crippen LogP contribution in [-0.4, -0.2) is 18.0 Å². The number of thiazole rings is 1. The first-order valence-electron chi connectivity index (χ1n) is 6.74. The molecule has 0 aliphatic carbocycles. The standard InChI is InChI=1S/C16H20ClNOS/c1-11-12(2)20-16(18-11)9-14(10-17)7-13-5-4-6-15(8-13)19-3/h4-6,8,14H,7,9-10H2,1-3H3. The smallest absolute Gasteiger partial charge is 0.119 e. The number of rotatable bonds is 6. The summed E-state index contributed by atoms with van der Waals surface area (Å²) >= 11 is 7.92. The number of methoxy groups -OCH3 is 1. The highest BCUT2D eigenvalue weighted by atomic mass is 35.5. The van der Waals surface area contributed by atoms with Crippen molar-refractivity contribution in [1.82, 2.24) is 4.98 Å². The number of nitrogens with zero attached hydrogens (tertiary/aromatic N) is 1. The van der Waals surface area contributed by atoms with Gasteiger partial charge < -0.3 is 4.74 Å². The van der Waals surface area contributed by atoms with E-state index in [0.29, 0.717) is 11.8 Å². The minimum atomic E-state index is 0.411. The van der Waals surface area contributed by atoms with Crippen LogP contribution >= 0.6 is 22.9 Å². The molecule has 0 saturated heterocycles. The molecule has 2 aromatic rings. The first-order valence-corrected chi connectivity index (χ1v) is 8.09. The summed E-state index contributed by atoms with van der Waals surface area (Å²) in [5, 5.41) is 1.19. The molecule has 0 fully saturated rings. The Bertz CT molecular complexity index is 548. The zero-order valence-corrected chi connectivity index (χ0v) is 13.7. The zero-order chi connectivity index (χ0) is 14.5. The molecule has 4 heteroatoms. The van der Waals surface area contributed by atoms with Crippen molar-refractivity contribution in [3.8, 4) is 5.75 Å². The monoisotopic (exact) mass is 309 g/mol. The van der Waals surface area contributed by atoms with Gasteiger partial charge in [-0.15, -0.1) is 22.9 Å². The maximum Gasteiger partial charge on any atom is 0.119 e. The fraction of sp³-hybridized carbons (Fsp3) is 0.438. The van der Waals surface area contributed by atoms with Gasteiger partial charge >= 0.3 is 0 Å². The summed E-state index contributed by atoms with van der Waals surface area (Å²) < 4.78 is 5.26. The van der Waals surface area contributed by atoms with E-state index in [4.69, 9.17) is 16.3 Å². The zero-order valence-electron chi connectivity index (χ0n) is 12.1. The Labute approximate surface area is 129 Å². The lowest BCUT2D eigenvalue weighted by Gasteiger charge is -2.13. The summed E-state index contributed by atoms with van der Waals surface area (Å²) in [7, 11) is 1.69. The van der Waals surface area contributed by atoms with E-state index in [1.54, 1.807) is 18.4 Å². The highest BCUT2D eigenvalue weighted by Gasteiger charge is 2.13. The van der Waals surface area contributed by atoms with E-state index >= 15 is 0 Å². The Kier molecular flexibility index (Phi) is 5.44. The van der Waals surface area contributed by atoms with Crippen molar-refractivity contribution in [1.29, 1.82) is 0 Å². The molecule has 1 unspecified atom stereocenters. The second-order valence-electron chi connectivity index (χ2n) is 5.03. The molecule has 1 heterocycles. The average molecular weight is 310 g/mol. The van der Waals surface area contributed by atoms with Gasteiger partial charge in [-0.3, -0.25) is 0 Å². The average Bonchev–Trinajstić information content (AvgIpc) is 2.76. The molecule has 0 radical (unpaired) electrons. The Balaban J connectivity index is 2.04. The first-order chi connectivity index (χ1) is 9.62. The lowest BCUT2D eigenvalue weighted by atomic mass is 9.98. The highest BCUT2D eigenvalue weighted by Crippen LogP contribution is 2.23. The lowest BCUT2D eigenvalue weighted by molar-refractivity contribution is 0.414. The molecule has 108 valence electrons. The Morgan fingerprint density at radius 1 is 1.30 bits per heavy atom. The van der Waals surface area contributed by atoms with Gasteiger partial charge in [-0.2, -0.15) is 0 Å². The molecular formula is C16H20ClNOS. The second-order valence-corrected chi connectivity index (χ2v) is 6.63. The lowest BCUT2D eigenvalue weighted by Crippen LogP contribution is -2.10. The van der Waals surface area contributed by atoms with Crippen LogP contribution in [0, 0.1) is 19.8 Å². The number of aryl methyl sites for hydroxylation is 2. The van der Waals surface area contributed by atoms with Gasteiger partial charge in [-0.05, 0) is 43.9 Å². The summed E-state index contributed by atoms with van der Waals surface area (Å²) in [4.78, 5) is 5.91. The highest BCUT2D eigenvalue weighted by molar-refractivity contribution is 7.11. The minimum Gasteiger partial charge on any atom is -0.497 e. The van der Waals surface area contributed by atoms with E-state index in [9.17, 15) is 0 Å². The topological polar surface area (TPSA) is 22.1 Å². The molecule has 2 nitrogen and oxygen atoms in total. The third-order valence-corrected chi connectivity index (χ3v) is 4.94. The van der Waals surface area contributed by atoms with E-state index in [0.717, 1.165) is 24.3 Å². The molecule has 0 aliphatic rings. The quantitative estimate of drug-likeness (QED) is 0.737. The number of ether oxygens (including phenoxy) is 1. The maximum absolute atomic E-state index is 6.13. The van der Waals surface area contributed by atoms with Gasteiger partial charge in [-0.1, -0.05) is 12.1 Å². The van der Waals surface area contributed by atoms with Crippen molar-refractivity contribution in [3.63, 3.8) is 0 Å². The Hall–Kier alpha value is -1.06. The van der Waals surface area contributed by atoms with E-state index < -0.39 is 0 Å². The molecule has 0 saturated carbocycles. The molecule has 2 rings (SSSR count). The number of aromatic nitrogens is 1. The van der Waals surface area contributed by atoms with Crippen LogP contribution in [0.4, 0.5) is 0 Å². The third kappa shape index (κ3) is 3.97. The van der Waals surface area contributed by atoms with E-state index in [-0.39, 0.29) is 0 Å². The van der Waals surface area contributed by atoms with E-state index in [2.05, 4.69) is 31.0 Å². The predicted octanol–water partition coefficient (Wildman–Crippen LogP) is 4.41. The molecule has 0 amide bonds. The van der Waals surface area contributed by atoms with Gasteiger partial charge in [0.25, 0.3) is 0 Å². The van der Waals surface area contributed by atoms with Crippen LogP contribution in [0.25, 0.3) is 0 Å². The molecule has 0 aliphatic heterocycles. The van der Waals surface area contributed by atoms with Crippen molar-refractivity contribution in [2.75, 3.05) is 13.0 Å². The molecule has 0 N–H and O–H groups in total. The molecule has 1 atom stereocenters. The molecular weight excluding hydrogens is 290 g/mol. The fourth-order valence-corrected chi connectivity index (χ4v) is 3.45. The normalized spacial score (nSPS) is 12.4. The SMILES string of the molecule is COc1cccc(CC(CCl)Cc2nc(C)c(C)s2)c1. The Morgan fingerprint density at radius 3 is 2.70 bits per heavy atom. The van der Waals surface area contributed by atoms with Gasteiger partial charge in [0, 0.05) is 17.2 Å². The van der Waals surface area contributed by atoms with Crippen LogP contribution in [0.2, 0.25) is 0 Å². The number of alkyl halides is 1. The molecule has 20 heavy (non-hydrogen) atoms. The number of hydrogen-bond acceptors (Lipinski definition) is 3. The largest absolute Gasteiger partial charge is 0.497 e. The molecule has 1 aromatic carbocycles. The van der Waals surface area contributed by atoms with E-state index in [1.165, 1.54) is 15.4 Å². The van der Waals surface area contributed by atoms with Gasteiger partial charge in [0.2, 0.25) is 0 Å². The summed E-state index contributed by atoms with van der Waals surface area (Å²) in [6.07, 6.45) is 1.90. The maximum atomic E-state index is 6.13. The van der Waals surface area contributed by atoms with Gasteiger partial charge in [0.15, 0.2) is 0 Å². The molecule has 0 bridgehead atoms. The van der Waals surface area contributed by atoms with Gasteiger partial charge in [-0.25, -0.2) is 4.98 Å². The van der Waals surface area contributed by atoms with Crippen LogP contribution in [0.5, 0.6) is 5.75 Å². The summed E-state index contributed by atoms with van der Waals surface area (Å²) in [6, 6.07) is 8.20. The van der Waals surface area contributed by atoms with Crippen molar-refractivity contribution in [2.24, 2.45) is 5.92 Å². The summed E-state index contributed by atoms with van der Waals surface area (Å²) in [5.74, 6) is 1.96. The van der Waals surface area contributed by atoms with Crippen molar-refractivity contribution < 1.29 is 4.74 Å². The number of hydrogen-bond donors (Lipinski definition) is 0. The van der Waals surface area contributed by atoms with Crippen LogP contribution in [-0.2, 0) is 12.8 Å². The van der Waals surface area contributed by atoms with Gasteiger partial charge in [0.1, 0.15) is 5.75 Å². The van der Waals surface area contributed by atoms with Crippen molar-refractivity contribution in [3.05, 3.63) is 45.4 Å². The van der Waals surface area contributed by atoms with Crippen LogP contribution < -0.4 is 4.74 Å². The predicted molar refractivity (Wildman–Crippen MR) is 86.2 cm³/mol. The van der Waals surface area contributed by atoms with Crippen LogP contribution in [0.3, 0.4) is 0 Å². The van der Waals surface area contributed by atoms with Gasteiger partial charge in [0.05, 0.1) is 17.8 Å². The summed E-state index contributed by atoms with van der Waals surface area (Å²) in [5.41, 5.74) is 2.40. The fourth-order valence-electron chi connectivity index (χ4n) is 2.19. The van der Waals surface area contributed by atoms with Crippen molar-refractivity contribution in [2.45, 2.75) is 26.7 Å². The third-order valence-electron chi connectivity index (χ3n) is 3.41. The summed E-state index contributed by atoms with van der Waals surface area (Å²) in [6.45, 7) is 4.18. The second kappa shape index (κ2) is 7.09. The van der Waals surface area contributed by atoms with E-state index in [1.807, 2.05) is 12.1 Å². The first kappa shape index (κ1) is 15.3. The van der Waals surface area contributed by atoms with Crippen LogP contribution in [0.15, 0.2) is 24.3 Å². The van der Waals surface area contributed by atoms with Crippen molar-refractivity contribution >= 4 is 22.9 Å². The minimum absolute atomic E-state index is 0.411. The molecule has 0 spiro atoms.